The summed E-state index contributed by atoms with van der Waals surface area (Å²) < 4.78 is 0. The Hall–Kier alpha value is -0.620. The number of terminal acetylenes is 1. The van der Waals surface area contributed by atoms with Crippen LogP contribution in [0.25, 0.3) is 0 Å². The summed E-state index contributed by atoms with van der Waals surface area (Å²) in [5, 5.41) is 2.58. The van der Waals surface area contributed by atoms with E-state index in [2.05, 4.69) is 5.32 Å². The summed E-state index contributed by atoms with van der Waals surface area (Å²) in [4.78, 5) is 10.4. The molecular formula is C7H11NOS. The summed E-state index contributed by atoms with van der Waals surface area (Å²) >= 11 is 1.76. The van der Waals surface area contributed by atoms with E-state index in [0.717, 1.165) is 12.2 Å². The minimum Gasteiger partial charge on any atom is -0.345 e. The first-order valence-corrected chi connectivity index (χ1v) is 4.44. The van der Waals surface area contributed by atoms with Gasteiger partial charge in [0.1, 0.15) is 0 Å². The normalized spacial score (nSPS) is 8.40. The molecule has 0 heterocycles. The van der Waals surface area contributed by atoms with Crippen LogP contribution in [0.3, 0.4) is 0 Å². The Morgan fingerprint density at radius 3 is 3.00 bits per heavy atom. The van der Waals surface area contributed by atoms with Gasteiger partial charge in [-0.25, -0.2) is 0 Å². The molecule has 0 atom stereocenters. The fraction of sp³-hybridized carbons (Fsp3) is 0.571. The number of thioether (sulfide) groups is 1. The maximum atomic E-state index is 10.4. The van der Waals surface area contributed by atoms with Crippen molar-refractivity contribution in [2.75, 3.05) is 18.6 Å². The largest absolute Gasteiger partial charge is 0.345 e. The van der Waals surface area contributed by atoms with Crippen molar-refractivity contribution in [1.82, 2.24) is 5.32 Å². The highest BCUT2D eigenvalue weighted by molar-refractivity contribution is 7.98. The van der Waals surface area contributed by atoms with E-state index in [4.69, 9.17) is 6.42 Å². The second-order valence-corrected chi connectivity index (χ2v) is 2.73. The van der Waals surface area contributed by atoms with Crippen molar-refractivity contribution in [2.24, 2.45) is 0 Å². The third-order valence-electron chi connectivity index (χ3n) is 0.942. The number of rotatable bonds is 4. The fourth-order valence-electron chi connectivity index (χ4n) is 0.469. The van der Waals surface area contributed by atoms with Crippen LogP contribution in [-0.2, 0) is 4.79 Å². The first kappa shape index (κ1) is 9.38. The van der Waals surface area contributed by atoms with Crippen molar-refractivity contribution >= 4 is 17.7 Å². The number of hydrogen-bond donors (Lipinski definition) is 1. The monoisotopic (exact) mass is 157 g/mol. The SMILES string of the molecule is C#CC(=O)NCCCSC. The molecule has 0 unspecified atom stereocenters. The van der Waals surface area contributed by atoms with Crippen LogP contribution in [0.1, 0.15) is 6.42 Å². The zero-order chi connectivity index (χ0) is 7.82. The smallest absolute Gasteiger partial charge is 0.295 e. The van der Waals surface area contributed by atoms with Gasteiger partial charge in [0, 0.05) is 6.54 Å². The van der Waals surface area contributed by atoms with E-state index in [0.29, 0.717) is 6.54 Å². The van der Waals surface area contributed by atoms with Gasteiger partial charge in [0.05, 0.1) is 0 Å². The molecule has 0 aliphatic heterocycles. The Balaban J connectivity index is 3.06. The Bertz CT molecular complexity index is 139. The third kappa shape index (κ3) is 5.52. The van der Waals surface area contributed by atoms with Gasteiger partial charge in [0.15, 0.2) is 0 Å². The lowest BCUT2D eigenvalue weighted by Gasteiger charge is -1.97. The predicted octanol–water partition coefficient (Wildman–Crippen LogP) is 0.489. The average Bonchev–Trinajstić information content (AvgIpc) is 1.98. The molecule has 0 spiro atoms. The lowest BCUT2D eigenvalue weighted by atomic mass is 10.4. The molecule has 2 nitrogen and oxygen atoms in total. The highest BCUT2D eigenvalue weighted by Crippen LogP contribution is 1.92. The zero-order valence-corrected chi connectivity index (χ0v) is 6.83. The molecule has 3 heteroatoms. The van der Waals surface area contributed by atoms with E-state index in [-0.39, 0.29) is 5.91 Å². The quantitative estimate of drug-likeness (QED) is 0.475. The van der Waals surface area contributed by atoms with Crippen molar-refractivity contribution in [3.63, 3.8) is 0 Å². The molecule has 0 fully saturated rings. The van der Waals surface area contributed by atoms with Crippen LogP contribution in [0.15, 0.2) is 0 Å². The number of amides is 1. The lowest BCUT2D eigenvalue weighted by molar-refractivity contribution is -0.115. The van der Waals surface area contributed by atoms with Gasteiger partial charge >= 0.3 is 0 Å². The van der Waals surface area contributed by atoms with Crippen molar-refractivity contribution in [2.45, 2.75) is 6.42 Å². The molecular weight excluding hydrogens is 146 g/mol. The van der Waals surface area contributed by atoms with Crippen molar-refractivity contribution < 1.29 is 4.79 Å². The van der Waals surface area contributed by atoms with Gasteiger partial charge in [-0.3, -0.25) is 4.79 Å². The van der Waals surface area contributed by atoms with Gasteiger partial charge in [-0.15, -0.1) is 6.42 Å². The molecule has 1 amide bonds. The van der Waals surface area contributed by atoms with Gasteiger partial charge < -0.3 is 5.32 Å². The van der Waals surface area contributed by atoms with Crippen LogP contribution in [0, 0.1) is 12.3 Å². The van der Waals surface area contributed by atoms with Crippen LogP contribution in [0.4, 0.5) is 0 Å². The molecule has 0 aliphatic carbocycles. The fourth-order valence-corrected chi connectivity index (χ4v) is 0.902. The van der Waals surface area contributed by atoms with Gasteiger partial charge in [-0.05, 0) is 24.3 Å². The minimum absolute atomic E-state index is 0.318. The molecule has 0 aromatic heterocycles. The van der Waals surface area contributed by atoms with Crippen LogP contribution in [0.2, 0.25) is 0 Å². The van der Waals surface area contributed by atoms with Crippen molar-refractivity contribution in [3.8, 4) is 12.3 Å². The van der Waals surface area contributed by atoms with E-state index in [1.54, 1.807) is 11.8 Å². The summed E-state index contributed by atoms with van der Waals surface area (Å²) in [6, 6.07) is 0. The molecule has 0 saturated carbocycles. The van der Waals surface area contributed by atoms with Crippen LogP contribution in [-0.4, -0.2) is 24.5 Å². The Morgan fingerprint density at radius 2 is 2.50 bits per heavy atom. The van der Waals surface area contributed by atoms with Crippen LogP contribution in [0.5, 0.6) is 0 Å². The number of hydrogen-bond acceptors (Lipinski definition) is 2. The van der Waals surface area contributed by atoms with Crippen molar-refractivity contribution in [3.05, 3.63) is 0 Å². The van der Waals surface area contributed by atoms with E-state index >= 15 is 0 Å². The first-order chi connectivity index (χ1) is 4.81. The van der Waals surface area contributed by atoms with Gasteiger partial charge in [-0.1, -0.05) is 0 Å². The number of nitrogens with one attached hydrogen (secondary N) is 1. The Labute approximate surface area is 65.8 Å². The van der Waals surface area contributed by atoms with E-state index in [1.807, 2.05) is 12.2 Å². The van der Waals surface area contributed by atoms with Crippen molar-refractivity contribution in [1.29, 1.82) is 0 Å². The molecule has 0 aliphatic rings. The molecule has 0 rings (SSSR count). The summed E-state index contributed by atoms with van der Waals surface area (Å²) in [6.07, 6.45) is 7.83. The second kappa shape index (κ2) is 6.50. The molecule has 0 aromatic rings. The average molecular weight is 157 g/mol. The molecule has 0 saturated heterocycles. The van der Waals surface area contributed by atoms with E-state index in [1.165, 1.54) is 0 Å². The molecule has 0 radical (unpaired) electrons. The summed E-state index contributed by atoms with van der Waals surface area (Å²) in [5.74, 6) is 2.73. The van der Waals surface area contributed by atoms with Gasteiger partial charge in [0.25, 0.3) is 5.91 Å². The molecule has 0 aromatic carbocycles. The lowest BCUT2D eigenvalue weighted by Crippen LogP contribution is -2.22. The summed E-state index contributed by atoms with van der Waals surface area (Å²) in [7, 11) is 0. The highest BCUT2D eigenvalue weighted by atomic mass is 32.2. The highest BCUT2D eigenvalue weighted by Gasteiger charge is 1.91. The van der Waals surface area contributed by atoms with Gasteiger partial charge in [-0.2, -0.15) is 11.8 Å². The second-order valence-electron chi connectivity index (χ2n) is 1.75. The molecule has 1 N–H and O–H groups in total. The maximum absolute atomic E-state index is 10.4. The minimum atomic E-state index is -0.318. The molecule has 10 heavy (non-hydrogen) atoms. The van der Waals surface area contributed by atoms with Gasteiger partial charge in [0.2, 0.25) is 0 Å². The zero-order valence-electron chi connectivity index (χ0n) is 6.02. The number of carbonyl (C=O) groups excluding carboxylic acids is 1. The van der Waals surface area contributed by atoms with E-state index in [9.17, 15) is 4.79 Å². The standard InChI is InChI=1S/C7H11NOS/c1-3-7(9)8-5-4-6-10-2/h1H,4-6H2,2H3,(H,8,9). The van der Waals surface area contributed by atoms with Crippen LogP contribution >= 0.6 is 11.8 Å². The molecule has 0 bridgehead atoms. The van der Waals surface area contributed by atoms with E-state index < -0.39 is 0 Å². The molecule has 56 valence electrons. The van der Waals surface area contributed by atoms with Crippen LogP contribution < -0.4 is 5.32 Å². The summed E-state index contributed by atoms with van der Waals surface area (Å²) in [5.41, 5.74) is 0. The Kier molecular flexibility index (Phi) is 6.10. The maximum Gasteiger partial charge on any atom is 0.295 e. The third-order valence-corrected chi connectivity index (χ3v) is 1.64. The Morgan fingerprint density at radius 1 is 1.80 bits per heavy atom. The summed E-state index contributed by atoms with van der Waals surface area (Å²) in [6.45, 7) is 0.684. The topological polar surface area (TPSA) is 29.1 Å². The predicted molar refractivity (Wildman–Crippen MR) is 44.8 cm³/mol. The first-order valence-electron chi connectivity index (χ1n) is 3.04. The number of carbonyl (C=O) groups is 1.